The third kappa shape index (κ3) is 4.29. The lowest BCUT2D eigenvalue weighted by Crippen LogP contribution is -2.56. The van der Waals surface area contributed by atoms with E-state index >= 15 is 0 Å². The summed E-state index contributed by atoms with van der Waals surface area (Å²) in [6.45, 7) is 0.0744. The Kier molecular flexibility index (Phi) is 5.38. The van der Waals surface area contributed by atoms with Crippen LogP contribution in [0.2, 0.25) is 0 Å². The van der Waals surface area contributed by atoms with Crippen molar-refractivity contribution in [3.05, 3.63) is 35.9 Å². The van der Waals surface area contributed by atoms with Crippen LogP contribution >= 0.6 is 0 Å². The maximum atomic E-state index is 11.1. The summed E-state index contributed by atoms with van der Waals surface area (Å²) in [5.74, 6) is -1.29. The summed E-state index contributed by atoms with van der Waals surface area (Å²) in [5.41, 5.74) is -1.28. The van der Waals surface area contributed by atoms with Crippen molar-refractivity contribution in [1.29, 1.82) is 0 Å². The molecule has 0 spiro atoms. The maximum absolute atomic E-state index is 11.1. The number of ether oxygens (including phenoxy) is 1. The number of hydrogen-bond acceptors (Lipinski definition) is 6. The van der Waals surface area contributed by atoms with Crippen LogP contribution in [-0.4, -0.2) is 62.0 Å². The first-order valence-electron chi connectivity index (χ1n) is 7.21. The van der Waals surface area contributed by atoms with E-state index in [1.807, 2.05) is 0 Å². The highest BCUT2D eigenvalue weighted by Crippen LogP contribution is 2.31. The molecule has 0 aliphatic heterocycles. The second-order valence-corrected chi connectivity index (χ2v) is 5.67. The van der Waals surface area contributed by atoms with Crippen LogP contribution in [0.25, 0.3) is 6.08 Å². The van der Waals surface area contributed by atoms with E-state index < -0.39 is 36.3 Å². The number of phenolic OH excluding ortho intramolecular Hbond substituents is 1. The molecule has 1 aliphatic rings. The lowest BCUT2D eigenvalue weighted by Gasteiger charge is -2.39. The van der Waals surface area contributed by atoms with Crippen LogP contribution in [0.15, 0.2) is 30.3 Å². The molecule has 0 radical (unpaired) electrons. The van der Waals surface area contributed by atoms with Gasteiger partial charge in [-0.2, -0.15) is 0 Å². The predicted octanol–water partition coefficient (Wildman–Crippen LogP) is 0.122. The number of aliphatic hydroxyl groups is 3. The van der Waals surface area contributed by atoms with Gasteiger partial charge in [-0.15, -0.1) is 0 Å². The summed E-state index contributed by atoms with van der Waals surface area (Å²) in [6, 6.07) is 6.48. The molecule has 1 aromatic rings. The average Bonchev–Trinajstić information content (AvgIpc) is 2.50. The third-order valence-electron chi connectivity index (χ3n) is 3.87. The number of rotatable bonds is 5. The number of carbonyl (C=O) groups is 1. The Bertz CT molecular complexity index is 568. The minimum absolute atomic E-state index is 0.0744. The summed E-state index contributed by atoms with van der Waals surface area (Å²) in [4.78, 5) is 11.1. The van der Waals surface area contributed by atoms with E-state index in [2.05, 4.69) is 0 Å². The molecule has 1 aromatic carbocycles. The number of aliphatic hydroxyl groups excluding tert-OH is 2. The number of carboxylic acid groups (broad SMARTS) is 1. The molecule has 7 heteroatoms. The fraction of sp³-hybridized carbons (Fsp3) is 0.438. The molecule has 0 aromatic heterocycles. The molecule has 0 amide bonds. The molecular formula is C16H20O7. The molecule has 23 heavy (non-hydrogen) atoms. The van der Waals surface area contributed by atoms with Gasteiger partial charge >= 0.3 is 5.97 Å². The fourth-order valence-electron chi connectivity index (χ4n) is 2.53. The van der Waals surface area contributed by atoms with Gasteiger partial charge in [-0.3, -0.25) is 0 Å². The van der Waals surface area contributed by atoms with Gasteiger partial charge in [0.1, 0.15) is 11.9 Å². The van der Waals surface area contributed by atoms with Crippen molar-refractivity contribution in [2.24, 2.45) is 0 Å². The second-order valence-electron chi connectivity index (χ2n) is 5.67. The van der Waals surface area contributed by atoms with Crippen LogP contribution in [0.4, 0.5) is 0 Å². The molecule has 7 nitrogen and oxygen atoms in total. The predicted molar refractivity (Wildman–Crippen MR) is 80.7 cm³/mol. The van der Waals surface area contributed by atoms with Crippen molar-refractivity contribution in [3.8, 4) is 5.75 Å². The molecular weight excluding hydrogens is 304 g/mol. The van der Waals surface area contributed by atoms with Crippen LogP contribution < -0.4 is 0 Å². The van der Waals surface area contributed by atoms with E-state index in [0.717, 1.165) is 5.56 Å². The van der Waals surface area contributed by atoms with E-state index in [4.69, 9.17) is 9.84 Å². The van der Waals surface area contributed by atoms with Crippen LogP contribution in [0, 0.1) is 0 Å². The zero-order valence-corrected chi connectivity index (χ0v) is 12.4. The van der Waals surface area contributed by atoms with Crippen molar-refractivity contribution >= 4 is 12.0 Å². The number of aliphatic carboxylic acids is 1. The monoisotopic (exact) mass is 324 g/mol. The third-order valence-corrected chi connectivity index (χ3v) is 3.87. The van der Waals surface area contributed by atoms with Crippen LogP contribution in [0.1, 0.15) is 18.4 Å². The van der Waals surface area contributed by atoms with Crippen molar-refractivity contribution in [2.45, 2.75) is 36.8 Å². The van der Waals surface area contributed by atoms with Gasteiger partial charge in [0.25, 0.3) is 0 Å². The smallest absolute Gasteiger partial charge is 0.335 e. The van der Waals surface area contributed by atoms with Gasteiger partial charge in [-0.1, -0.05) is 24.3 Å². The van der Waals surface area contributed by atoms with Crippen molar-refractivity contribution in [1.82, 2.24) is 0 Å². The molecule has 2 rings (SSSR count). The Balaban J connectivity index is 1.93. The summed E-state index contributed by atoms with van der Waals surface area (Å²) in [7, 11) is 0. The first kappa shape index (κ1) is 17.4. The first-order valence-corrected chi connectivity index (χ1v) is 7.21. The highest BCUT2D eigenvalue weighted by Gasteiger charge is 2.49. The lowest BCUT2D eigenvalue weighted by molar-refractivity contribution is -0.192. The Morgan fingerprint density at radius 2 is 1.91 bits per heavy atom. The van der Waals surface area contributed by atoms with Crippen LogP contribution in [-0.2, 0) is 9.53 Å². The molecule has 1 fully saturated rings. The van der Waals surface area contributed by atoms with Crippen LogP contribution in [0.3, 0.4) is 0 Å². The Hall–Kier alpha value is -1.93. The summed E-state index contributed by atoms with van der Waals surface area (Å²) < 4.78 is 5.39. The molecule has 0 saturated heterocycles. The average molecular weight is 324 g/mol. The Morgan fingerprint density at radius 3 is 2.52 bits per heavy atom. The highest BCUT2D eigenvalue weighted by atomic mass is 16.5. The molecule has 126 valence electrons. The van der Waals surface area contributed by atoms with E-state index in [1.54, 1.807) is 24.3 Å². The lowest BCUT2D eigenvalue weighted by atomic mass is 9.79. The normalized spacial score (nSPS) is 31.3. The number of benzene rings is 1. The molecule has 0 heterocycles. The van der Waals surface area contributed by atoms with Crippen LogP contribution in [0.5, 0.6) is 5.75 Å². The molecule has 1 aliphatic carbocycles. The molecule has 5 N–H and O–H groups in total. The van der Waals surface area contributed by atoms with E-state index in [9.17, 15) is 25.2 Å². The van der Waals surface area contributed by atoms with E-state index in [0.29, 0.717) is 0 Å². The first-order chi connectivity index (χ1) is 10.8. The van der Waals surface area contributed by atoms with Crippen molar-refractivity contribution in [2.75, 3.05) is 6.61 Å². The number of phenols is 1. The number of hydrogen-bond donors (Lipinski definition) is 5. The van der Waals surface area contributed by atoms with Gasteiger partial charge < -0.3 is 30.3 Å². The topological polar surface area (TPSA) is 127 Å². The quantitative estimate of drug-likeness (QED) is 0.520. The Labute approximate surface area is 133 Å². The van der Waals surface area contributed by atoms with E-state index in [1.165, 1.54) is 12.1 Å². The summed E-state index contributed by atoms with van der Waals surface area (Å²) in [5, 5.41) is 47.7. The Morgan fingerprint density at radius 1 is 1.26 bits per heavy atom. The van der Waals surface area contributed by atoms with E-state index in [-0.39, 0.29) is 18.8 Å². The molecule has 4 atom stereocenters. The standard InChI is InChI=1S/C16H20O7/c17-11-5-3-10(4-6-11)2-1-7-23-13-9-16(22,15(20)21)8-12(18)14(13)19/h1-6,12-14,17-19,22H,7-9H2,(H,20,21)/b2-1+/t12-,13-,14+,16-/m1/s1. The molecule has 0 bridgehead atoms. The van der Waals surface area contributed by atoms with Gasteiger partial charge in [-0.25, -0.2) is 4.79 Å². The van der Waals surface area contributed by atoms with Crippen molar-refractivity contribution < 1.29 is 35.1 Å². The number of carboxylic acids is 1. The summed E-state index contributed by atoms with van der Waals surface area (Å²) in [6.07, 6.45) is -0.953. The van der Waals surface area contributed by atoms with Gasteiger partial charge in [0, 0.05) is 12.8 Å². The fourth-order valence-corrected chi connectivity index (χ4v) is 2.53. The maximum Gasteiger partial charge on any atom is 0.335 e. The molecule has 0 unspecified atom stereocenters. The molecule has 1 saturated carbocycles. The largest absolute Gasteiger partial charge is 0.508 e. The zero-order chi connectivity index (χ0) is 17.0. The van der Waals surface area contributed by atoms with Gasteiger partial charge in [0.2, 0.25) is 0 Å². The minimum atomic E-state index is -2.11. The second kappa shape index (κ2) is 7.10. The minimum Gasteiger partial charge on any atom is -0.508 e. The van der Waals surface area contributed by atoms with Crippen molar-refractivity contribution in [3.63, 3.8) is 0 Å². The number of aromatic hydroxyl groups is 1. The zero-order valence-electron chi connectivity index (χ0n) is 12.4. The highest BCUT2D eigenvalue weighted by molar-refractivity contribution is 5.77. The summed E-state index contributed by atoms with van der Waals surface area (Å²) >= 11 is 0. The van der Waals surface area contributed by atoms with Gasteiger partial charge in [-0.05, 0) is 17.7 Å². The van der Waals surface area contributed by atoms with Gasteiger partial charge in [0.05, 0.1) is 18.8 Å². The van der Waals surface area contributed by atoms with Gasteiger partial charge in [0.15, 0.2) is 5.60 Å². The SMILES string of the molecule is O=C(O)[C@@]1(O)C[C@@H](O)[C@H](O)[C@H](OC/C=C/c2ccc(O)cc2)C1.